The molecule has 0 saturated carbocycles. The fraction of sp³-hybridized carbons (Fsp3) is 0.440. The van der Waals surface area contributed by atoms with E-state index < -0.39 is 0 Å². The van der Waals surface area contributed by atoms with Crippen LogP contribution in [-0.2, 0) is 21.5 Å². The molecule has 1 saturated heterocycles. The lowest BCUT2D eigenvalue weighted by molar-refractivity contribution is -0.119. The van der Waals surface area contributed by atoms with E-state index in [4.69, 9.17) is 4.74 Å². The molecule has 0 bridgehead atoms. The number of ether oxygens (including phenoxy) is 1. The molecule has 2 aliphatic rings. The normalized spacial score (nSPS) is 23.6. The fourth-order valence-electron chi connectivity index (χ4n) is 5.02. The first-order chi connectivity index (χ1) is 14.2. The van der Waals surface area contributed by atoms with E-state index in [9.17, 15) is 4.79 Å². The summed E-state index contributed by atoms with van der Waals surface area (Å²) in [6.07, 6.45) is 3.46. The van der Waals surface area contributed by atoms with Crippen molar-refractivity contribution < 1.29 is 9.53 Å². The Morgan fingerprint density at radius 3 is 2.34 bits per heavy atom. The maximum absolute atomic E-state index is 12.1. The van der Waals surface area contributed by atoms with Gasteiger partial charge in [0, 0.05) is 13.0 Å². The molecule has 1 fully saturated rings. The first-order valence-electron chi connectivity index (χ1n) is 10.8. The van der Waals surface area contributed by atoms with Crippen LogP contribution in [0.2, 0.25) is 0 Å². The topological polar surface area (TPSA) is 41.9 Å². The summed E-state index contributed by atoms with van der Waals surface area (Å²) in [5.41, 5.74) is 2.31. The Morgan fingerprint density at radius 1 is 1.03 bits per heavy atom. The van der Waals surface area contributed by atoms with Crippen molar-refractivity contribution in [3.8, 4) is 0 Å². The quantitative estimate of drug-likeness (QED) is 0.750. The number of carbonyl (C=O) groups is 1. The molecule has 1 unspecified atom stereocenters. The smallest absolute Gasteiger partial charge is 0.248 e. The van der Waals surface area contributed by atoms with Gasteiger partial charge in [-0.15, -0.1) is 0 Å². The molecule has 0 radical (unpaired) electrons. The van der Waals surface area contributed by atoms with Crippen LogP contribution in [0.15, 0.2) is 65.7 Å². The summed E-state index contributed by atoms with van der Waals surface area (Å²) < 4.78 is 6.01. The number of hydrogen-bond donors (Lipinski definition) is 0. The molecule has 2 heterocycles. The molecule has 152 valence electrons. The number of nitrogens with zero attached hydrogens (tertiary/aromatic N) is 2. The van der Waals surface area contributed by atoms with Crippen LogP contribution in [0.4, 0.5) is 0 Å². The highest BCUT2D eigenvalue weighted by Gasteiger charge is 2.49. The van der Waals surface area contributed by atoms with Crippen molar-refractivity contribution in [2.45, 2.75) is 44.6 Å². The Bertz CT molecular complexity index is 842. The number of carbonyl (C=O) groups excluding carboxylic acids is 1. The van der Waals surface area contributed by atoms with Gasteiger partial charge in [-0.05, 0) is 56.3 Å². The van der Waals surface area contributed by atoms with Gasteiger partial charge in [-0.25, -0.2) is 0 Å². The number of hydrogen-bond acceptors (Lipinski definition) is 3. The summed E-state index contributed by atoms with van der Waals surface area (Å²) in [5.74, 6) is 1.01. The highest BCUT2D eigenvalue weighted by atomic mass is 16.5. The summed E-state index contributed by atoms with van der Waals surface area (Å²) in [6, 6.07) is 21.3. The second-order valence-electron chi connectivity index (χ2n) is 8.12. The van der Waals surface area contributed by atoms with Crippen molar-refractivity contribution in [2.24, 2.45) is 10.9 Å². The number of rotatable bonds is 5. The number of piperidine rings is 1. The molecule has 1 amide bonds. The average molecular weight is 391 g/mol. The lowest BCUT2D eigenvalue weighted by Gasteiger charge is -2.46. The van der Waals surface area contributed by atoms with Gasteiger partial charge in [0.25, 0.3) is 0 Å². The van der Waals surface area contributed by atoms with Gasteiger partial charge in [-0.1, -0.05) is 60.7 Å². The van der Waals surface area contributed by atoms with Crippen LogP contribution in [0.5, 0.6) is 0 Å². The molecule has 2 aromatic rings. The monoisotopic (exact) mass is 390 g/mol. The lowest BCUT2D eigenvalue weighted by Crippen LogP contribution is -2.51. The van der Waals surface area contributed by atoms with Crippen molar-refractivity contribution in [1.29, 1.82) is 0 Å². The maximum Gasteiger partial charge on any atom is 0.248 e. The fourth-order valence-corrected chi connectivity index (χ4v) is 5.02. The van der Waals surface area contributed by atoms with Crippen LogP contribution in [0, 0.1) is 5.92 Å². The van der Waals surface area contributed by atoms with E-state index in [1.165, 1.54) is 11.1 Å². The van der Waals surface area contributed by atoms with Gasteiger partial charge < -0.3 is 4.74 Å². The Balaban J connectivity index is 1.58. The van der Waals surface area contributed by atoms with Gasteiger partial charge in [0.15, 0.2) is 0 Å². The third kappa shape index (κ3) is 4.13. The van der Waals surface area contributed by atoms with Crippen LogP contribution >= 0.6 is 0 Å². The van der Waals surface area contributed by atoms with E-state index in [0.717, 1.165) is 38.9 Å². The number of likely N-dealkylation sites (tertiary alicyclic amines) is 1. The van der Waals surface area contributed by atoms with Crippen LogP contribution in [0.1, 0.15) is 43.7 Å². The second-order valence-corrected chi connectivity index (χ2v) is 8.12. The van der Waals surface area contributed by atoms with E-state index in [1.54, 1.807) is 0 Å². The van der Waals surface area contributed by atoms with Crippen molar-refractivity contribution >= 4 is 11.8 Å². The Morgan fingerprint density at radius 2 is 1.69 bits per heavy atom. The van der Waals surface area contributed by atoms with Crippen LogP contribution < -0.4 is 0 Å². The summed E-state index contributed by atoms with van der Waals surface area (Å²) in [5, 5.41) is 0. The van der Waals surface area contributed by atoms with Gasteiger partial charge in [0.1, 0.15) is 0 Å². The van der Waals surface area contributed by atoms with Crippen molar-refractivity contribution in [2.75, 3.05) is 19.7 Å². The zero-order chi connectivity index (χ0) is 20.1. The van der Waals surface area contributed by atoms with Gasteiger partial charge in [-0.3, -0.25) is 9.69 Å². The molecule has 4 heteroatoms. The van der Waals surface area contributed by atoms with Gasteiger partial charge in [0.2, 0.25) is 11.8 Å². The predicted molar refractivity (Wildman–Crippen MR) is 116 cm³/mol. The lowest BCUT2D eigenvalue weighted by atomic mass is 9.63. The van der Waals surface area contributed by atoms with E-state index in [1.807, 2.05) is 13.0 Å². The van der Waals surface area contributed by atoms with E-state index >= 15 is 0 Å². The SMILES string of the molecule is CCOC1=NC(=O)CCC1(c1ccccc1)C1CCN(Cc2ccccc2)CC1. The predicted octanol–water partition coefficient (Wildman–Crippen LogP) is 4.59. The van der Waals surface area contributed by atoms with E-state index in [0.29, 0.717) is 24.8 Å². The maximum atomic E-state index is 12.1. The number of benzene rings is 2. The van der Waals surface area contributed by atoms with Crippen LogP contribution in [0.25, 0.3) is 0 Å². The molecule has 0 aromatic heterocycles. The molecule has 0 spiro atoms. The number of aliphatic imine (C=N–C) groups is 1. The standard InChI is InChI=1S/C25H30N2O2/c1-2-29-24-25(16-13-23(28)26-24,21-11-7-4-8-12-21)22-14-17-27(18-15-22)19-20-9-5-3-6-10-20/h3-12,22H,2,13-19H2,1H3. The highest BCUT2D eigenvalue weighted by molar-refractivity contribution is 6.00. The van der Waals surface area contributed by atoms with Gasteiger partial charge in [0.05, 0.1) is 12.0 Å². The highest BCUT2D eigenvalue weighted by Crippen LogP contribution is 2.45. The summed E-state index contributed by atoms with van der Waals surface area (Å²) in [7, 11) is 0. The zero-order valence-electron chi connectivity index (χ0n) is 17.2. The Labute approximate surface area is 173 Å². The summed E-state index contributed by atoms with van der Waals surface area (Å²) in [6.45, 7) is 5.62. The summed E-state index contributed by atoms with van der Waals surface area (Å²) in [4.78, 5) is 19.1. The minimum atomic E-state index is -0.288. The van der Waals surface area contributed by atoms with Crippen LogP contribution in [0.3, 0.4) is 0 Å². The minimum Gasteiger partial charge on any atom is -0.480 e. The molecule has 0 aliphatic carbocycles. The zero-order valence-corrected chi connectivity index (χ0v) is 17.2. The third-order valence-corrected chi connectivity index (χ3v) is 6.44. The van der Waals surface area contributed by atoms with Crippen molar-refractivity contribution in [3.05, 3.63) is 71.8 Å². The van der Waals surface area contributed by atoms with E-state index in [2.05, 4.69) is 64.5 Å². The minimum absolute atomic E-state index is 0.0541. The second kappa shape index (κ2) is 8.91. The van der Waals surface area contributed by atoms with Gasteiger partial charge in [-0.2, -0.15) is 4.99 Å². The molecular formula is C25H30N2O2. The number of amides is 1. The third-order valence-electron chi connectivity index (χ3n) is 6.44. The first kappa shape index (κ1) is 19.8. The molecule has 1 atom stereocenters. The molecule has 2 aliphatic heterocycles. The molecule has 4 nitrogen and oxygen atoms in total. The van der Waals surface area contributed by atoms with Crippen LogP contribution in [-0.4, -0.2) is 36.4 Å². The first-order valence-corrected chi connectivity index (χ1v) is 10.8. The van der Waals surface area contributed by atoms with Crippen molar-refractivity contribution in [1.82, 2.24) is 4.90 Å². The Hall–Kier alpha value is -2.46. The Kier molecular flexibility index (Phi) is 6.10. The molecular weight excluding hydrogens is 360 g/mol. The molecule has 0 N–H and O–H groups in total. The molecule has 29 heavy (non-hydrogen) atoms. The average Bonchev–Trinajstić information content (AvgIpc) is 2.77. The largest absolute Gasteiger partial charge is 0.480 e. The molecule has 4 rings (SSSR count). The van der Waals surface area contributed by atoms with Crippen molar-refractivity contribution in [3.63, 3.8) is 0 Å². The summed E-state index contributed by atoms with van der Waals surface area (Å²) >= 11 is 0. The van der Waals surface area contributed by atoms with E-state index in [-0.39, 0.29) is 11.3 Å². The van der Waals surface area contributed by atoms with Gasteiger partial charge >= 0.3 is 0 Å². The molecule has 2 aromatic carbocycles.